The number of rotatable bonds is 3. The van der Waals surface area contributed by atoms with Crippen molar-refractivity contribution in [3.8, 4) is 0 Å². The monoisotopic (exact) mass is 323 g/mol. The molecule has 4 nitrogen and oxygen atoms in total. The number of nitrogens with zero attached hydrogens (tertiary/aromatic N) is 2. The van der Waals surface area contributed by atoms with Gasteiger partial charge in [-0.25, -0.2) is 9.97 Å². The quantitative estimate of drug-likeness (QED) is 0.922. The summed E-state index contributed by atoms with van der Waals surface area (Å²) in [6, 6.07) is 6.50. The van der Waals surface area contributed by atoms with Crippen molar-refractivity contribution in [1.82, 2.24) is 9.97 Å². The van der Waals surface area contributed by atoms with Gasteiger partial charge in [-0.1, -0.05) is 19.9 Å². The van der Waals surface area contributed by atoms with Crippen molar-refractivity contribution in [2.24, 2.45) is 0 Å². The van der Waals surface area contributed by atoms with Crippen LogP contribution in [0.5, 0.6) is 0 Å². The fraction of sp³-hybridized carbons (Fsp3) is 0.312. The first kappa shape index (κ1) is 16.9. The van der Waals surface area contributed by atoms with Gasteiger partial charge in [-0.05, 0) is 42.2 Å². The van der Waals surface area contributed by atoms with E-state index in [4.69, 9.17) is 0 Å². The lowest BCUT2D eigenvalue weighted by Gasteiger charge is -2.13. The first-order chi connectivity index (χ1) is 10.7. The smallest absolute Gasteiger partial charge is 0.321 e. The van der Waals surface area contributed by atoms with Crippen molar-refractivity contribution < 1.29 is 18.0 Å². The van der Waals surface area contributed by atoms with Crippen LogP contribution < -0.4 is 5.32 Å². The maximum absolute atomic E-state index is 12.6. The van der Waals surface area contributed by atoms with Gasteiger partial charge in [0.25, 0.3) is 5.91 Å². The molecule has 0 fully saturated rings. The Morgan fingerprint density at radius 1 is 1.22 bits per heavy atom. The largest absolute Gasteiger partial charge is 0.451 e. The van der Waals surface area contributed by atoms with E-state index >= 15 is 0 Å². The zero-order valence-corrected chi connectivity index (χ0v) is 12.9. The van der Waals surface area contributed by atoms with E-state index in [2.05, 4.69) is 15.3 Å². The summed E-state index contributed by atoms with van der Waals surface area (Å²) in [6.07, 6.45) is -3.77. The van der Waals surface area contributed by atoms with Crippen LogP contribution >= 0.6 is 0 Å². The highest BCUT2D eigenvalue weighted by molar-refractivity contribution is 6.02. The lowest BCUT2D eigenvalue weighted by atomic mass is 9.97. The summed E-state index contributed by atoms with van der Waals surface area (Å²) in [5.74, 6) is -1.78. The third kappa shape index (κ3) is 4.06. The molecule has 0 unspecified atom stereocenters. The zero-order valence-electron chi connectivity index (χ0n) is 12.9. The van der Waals surface area contributed by atoms with Gasteiger partial charge in [0, 0.05) is 11.9 Å². The molecule has 2 rings (SSSR count). The number of aryl methyl sites for hydroxylation is 1. The molecule has 1 amide bonds. The first-order valence-corrected chi connectivity index (χ1v) is 7.00. The van der Waals surface area contributed by atoms with E-state index in [1.807, 2.05) is 32.9 Å². The lowest BCUT2D eigenvalue weighted by Crippen LogP contribution is -2.18. The standard InChI is InChI=1S/C16H16F3N3O/c1-9(2)12-8-11(5-4-10(12)3)21-14(23)13-6-7-20-15(22-13)16(17,18)19/h4-9H,1-3H3,(H,21,23). The van der Waals surface area contributed by atoms with Gasteiger partial charge in [0.1, 0.15) is 5.69 Å². The molecule has 0 spiro atoms. The number of anilines is 1. The van der Waals surface area contributed by atoms with Crippen LogP contribution in [0.25, 0.3) is 0 Å². The molecule has 1 N–H and O–H groups in total. The zero-order chi connectivity index (χ0) is 17.2. The van der Waals surface area contributed by atoms with E-state index in [0.29, 0.717) is 5.69 Å². The summed E-state index contributed by atoms with van der Waals surface area (Å²) in [5.41, 5.74) is 2.32. The molecule has 23 heavy (non-hydrogen) atoms. The second-order valence-electron chi connectivity index (χ2n) is 5.44. The van der Waals surface area contributed by atoms with Crippen molar-refractivity contribution in [3.05, 3.63) is 53.1 Å². The van der Waals surface area contributed by atoms with E-state index < -0.39 is 17.9 Å². The van der Waals surface area contributed by atoms with Crippen LogP contribution in [-0.4, -0.2) is 15.9 Å². The van der Waals surface area contributed by atoms with Crippen molar-refractivity contribution in [1.29, 1.82) is 0 Å². The molecule has 1 heterocycles. The van der Waals surface area contributed by atoms with Gasteiger partial charge >= 0.3 is 6.18 Å². The normalized spacial score (nSPS) is 11.6. The summed E-state index contributed by atoms with van der Waals surface area (Å²) in [5, 5.41) is 2.56. The van der Waals surface area contributed by atoms with E-state index in [9.17, 15) is 18.0 Å². The minimum absolute atomic E-state index is 0.266. The average Bonchev–Trinajstić information content (AvgIpc) is 2.48. The SMILES string of the molecule is Cc1ccc(NC(=O)c2ccnc(C(F)(F)F)n2)cc1C(C)C. The number of aromatic nitrogens is 2. The predicted octanol–water partition coefficient (Wildman–Crippen LogP) is 4.18. The highest BCUT2D eigenvalue weighted by Crippen LogP contribution is 2.26. The van der Waals surface area contributed by atoms with Crippen molar-refractivity contribution in [2.75, 3.05) is 5.32 Å². The number of amides is 1. The summed E-state index contributed by atoms with van der Waals surface area (Å²) in [7, 11) is 0. The number of nitrogens with one attached hydrogen (secondary N) is 1. The molecule has 122 valence electrons. The molecule has 2 aromatic rings. The molecule has 1 aromatic carbocycles. The van der Waals surface area contributed by atoms with E-state index in [0.717, 1.165) is 23.4 Å². The lowest BCUT2D eigenvalue weighted by molar-refractivity contribution is -0.145. The summed E-state index contributed by atoms with van der Waals surface area (Å²) < 4.78 is 37.8. The fourth-order valence-electron chi connectivity index (χ4n) is 2.16. The Bertz CT molecular complexity index is 727. The molecule has 0 radical (unpaired) electrons. The van der Waals surface area contributed by atoms with Gasteiger partial charge in [0.2, 0.25) is 5.82 Å². The summed E-state index contributed by atoms with van der Waals surface area (Å²) >= 11 is 0. The first-order valence-electron chi connectivity index (χ1n) is 7.00. The Morgan fingerprint density at radius 3 is 2.52 bits per heavy atom. The van der Waals surface area contributed by atoms with Crippen LogP contribution in [-0.2, 0) is 6.18 Å². The van der Waals surface area contributed by atoms with Crippen molar-refractivity contribution in [3.63, 3.8) is 0 Å². The number of benzene rings is 1. The Labute approximate surface area is 131 Å². The molecule has 0 atom stereocenters. The van der Waals surface area contributed by atoms with Crippen molar-refractivity contribution >= 4 is 11.6 Å². The summed E-state index contributed by atoms with van der Waals surface area (Å²) in [4.78, 5) is 18.5. The molecule has 1 aromatic heterocycles. The number of alkyl halides is 3. The molecule has 0 aliphatic heterocycles. The topological polar surface area (TPSA) is 54.9 Å². The number of carbonyl (C=O) groups is 1. The molecule has 0 bridgehead atoms. The predicted molar refractivity (Wildman–Crippen MR) is 80.3 cm³/mol. The molecule has 0 aliphatic rings. The third-order valence-corrected chi connectivity index (χ3v) is 3.30. The second kappa shape index (κ2) is 6.36. The minimum atomic E-state index is -4.69. The molecule has 7 heteroatoms. The summed E-state index contributed by atoms with van der Waals surface area (Å²) in [6.45, 7) is 6.00. The van der Waals surface area contributed by atoms with Gasteiger partial charge in [-0.2, -0.15) is 13.2 Å². The molecule has 0 saturated heterocycles. The molecule has 0 aliphatic carbocycles. The highest BCUT2D eigenvalue weighted by Gasteiger charge is 2.35. The molecular formula is C16H16F3N3O. The van der Waals surface area contributed by atoms with Gasteiger partial charge in [-0.15, -0.1) is 0 Å². The van der Waals surface area contributed by atoms with Crippen LogP contribution in [0, 0.1) is 6.92 Å². The van der Waals surface area contributed by atoms with E-state index in [1.165, 1.54) is 0 Å². The average molecular weight is 323 g/mol. The maximum Gasteiger partial charge on any atom is 0.451 e. The van der Waals surface area contributed by atoms with Gasteiger partial charge in [-0.3, -0.25) is 4.79 Å². The number of carbonyl (C=O) groups excluding carboxylic acids is 1. The Hall–Kier alpha value is -2.44. The molecular weight excluding hydrogens is 307 g/mol. The van der Waals surface area contributed by atoms with Crippen LogP contribution in [0.3, 0.4) is 0 Å². The Kier molecular flexibility index (Phi) is 4.68. The van der Waals surface area contributed by atoms with Gasteiger partial charge in [0.15, 0.2) is 0 Å². The number of hydrogen-bond donors (Lipinski definition) is 1. The van der Waals surface area contributed by atoms with Gasteiger partial charge < -0.3 is 5.32 Å². The third-order valence-electron chi connectivity index (χ3n) is 3.30. The van der Waals surface area contributed by atoms with Crippen LogP contribution in [0.2, 0.25) is 0 Å². The van der Waals surface area contributed by atoms with Crippen molar-refractivity contribution in [2.45, 2.75) is 32.9 Å². The van der Waals surface area contributed by atoms with E-state index in [1.54, 1.807) is 6.07 Å². The minimum Gasteiger partial charge on any atom is -0.321 e. The second-order valence-corrected chi connectivity index (χ2v) is 5.44. The van der Waals surface area contributed by atoms with Crippen LogP contribution in [0.1, 0.15) is 47.2 Å². The van der Waals surface area contributed by atoms with Crippen LogP contribution in [0.15, 0.2) is 30.5 Å². The maximum atomic E-state index is 12.6. The molecule has 0 saturated carbocycles. The Balaban J connectivity index is 2.24. The Morgan fingerprint density at radius 2 is 1.91 bits per heavy atom. The van der Waals surface area contributed by atoms with Crippen LogP contribution in [0.4, 0.5) is 18.9 Å². The number of halogens is 3. The van der Waals surface area contributed by atoms with E-state index in [-0.39, 0.29) is 11.6 Å². The fourth-order valence-corrected chi connectivity index (χ4v) is 2.16. The van der Waals surface area contributed by atoms with Gasteiger partial charge in [0.05, 0.1) is 0 Å². The highest BCUT2D eigenvalue weighted by atomic mass is 19.4. The number of hydrogen-bond acceptors (Lipinski definition) is 3.